The van der Waals surface area contributed by atoms with Crippen molar-refractivity contribution in [2.45, 2.75) is 25.7 Å². The summed E-state index contributed by atoms with van der Waals surface area (Å²) in [6.07, 6.45) is 3.71. The van der Waals surface area contributed by atoms with Gasteiger partial charge in [-0.15, -0.1) is 0 Å². The number of amides is 1. The molecule has 1 aliphatic rings. The third kappa shape index (κ3) is 1.31. The Labute approximate surface area is 77.7 Å². The Morgan fingerprint density at radius 1 is 1.50 bits per heavy atom. The van der Waals surface area contributed by atoms with Crippen LogP contribution >= 0.6 is 12.2 Å². The number of carbonyl (C=O) groups is 1. The molecule has 0 aromatic rings. The van der Waals surface area contributed by atoms with Crippen LogP contribution in [0.3, 0.4) is 0 Å². The van der Waals surface area contributed by atoms with E-state index in [1.165, 1.54) is 0 Å². The first-order valence-corrected chi connectivity index (χ1v) is 4.56. The largest absolute Gasteiger partial charge is 0.392 e. The maximum atomic E-state index is 11.5. The van der Waals surface area contributed by atoms with Gasteiger partial charge in [-0.3, -0.25) is 4.79 Å². The summed E-state index contributed by atoms with van der Waals surface area (Å²) >= 11 is 4.93. The number of nitrogens with two attached hydrogens (primary N) is 1. The fourth-order valence-electron chi connectivity index (χ4n) is 1.80. The minimum atomic E-state index is -0.538. The van der Waals surface area contributed by atoms with E-state index in [9.17, 15) is 4.79 Å². The number of nitrogens with one attached hydrogen (secondary N) is 1. The molecular formula is C8H14N2OS. The van der Waals surface area contributed by atoms with Crippen molar-refractivity contribution in [3.63, 3.8) is 0 Å². The minimum Gasteiger partial charge on any atom is -0.392 e. The lowest BCUT2D eigenvalue weighted by Crippen LogP contribution is -2.45. The van der Waals surface area contributed by atoms with Crippen molar-refractivity contribution in [2.75, 3.05) is 7.05 Å². The van der Waals surface area contributed by atoms with Crippen molar-refractivity contribution in [3.8, 4) is 0 Å². The summed E-state index contributed by atoms with van der Waals surface area (Å²) in [6.45, 7) is 0. The Hall–Kier alpha value is -0.640. The van der Waals surface area contributed by atoms with Crippen LogP contribution in [0.2, 0.25) is 0 Å². The van der Waals surface area contributed by atoms with E-state index in [2.05, 4.69) is 5.32 Å². The van der Waals surface area contributed by atoms with Crippen LogP contribution in [0.5, 0.6) is 0 Å². The zero-order valence-electron chi connectivity index (χ0n) is 7.22. The minimum absolute atomic E-state index is 0.0208. The molecule has 3 N–H and O–H groups in total. The molecule has 0 radical (unpaired) electrons. The molecule has 1 aliphatic carbocycles. The van der Waals surface area contributed by atoms with Gasteiger partial charge in [-0.25, -0.2) is 0 Å². The SMILES string of the molecule is CNC(=O)C1(C(N)=S)CCCC1. The topological polar surface area (TPSA) is 55.1 Å². The molecule has 68 valence electrons. The van der Waals surface area contributed by atoms with E-state index in [0.29, 0.717) is 4.99 Å². The molecule has 0 saturated heterocycles. The maximum absolute atomic E-state index is 11.5. The van der Waals surface area contributed by atoms with Gasteiger partial charge in [0.25, 0.3) is 0 Å². The monoisotopic (exact) mass is 186 g/mol. The second-order valence-corrected chi connectivity index (χ2v) is 3.67. The summed E-state index contributed by atoms with van der Waals surface area (Å²) in [5.41, 5.74) is 5.04. The molecular weight excluding hydrogens is 172 g/mol. The molecule has 12 heavy (non-hydrogen) atoms. The summed E-state index contributed by atoms with van der Waals surface area (Å²) in [4.78, 5) is 11.8. The highest BCUT2D eigenvalue weighted by Gasteiger charge is 2.43. The first-order valence-electron chi connectivity index (χ1n) is 4.15. The maximum Gasteiger partial charge on any atom is 0.232 e. The number of thiocarbonyl (C=S) groups is 1. The summed E-state index contributed by atoms with van der Waals surface area (Å²) in [5.74, 6) is -0.0208. The van der Waals surface area contributed by atoms with Crippen molar-refractivity contribution in [2.24, 2.45) is 11.1 Å². The van der Waals surface area contributed by atoms with Crippen LogP contribution in [0.4, 0.5) is 0 Å². The van der Waals surface area contributed by atoms with Crippen LogP contribution < -0.4 is 11.1 Å². The Bertz CT molecular complexity index is 209. The standard InChI is InChI=1S/C8H14N2OS/c1-10-7(11)8(6(9)12)4-2-3-5-8/h2-5H2,1H3,(H2,9,12)(H,10,11). The van der Waals surface area contributed by atoms with Gasteiger partial charge in [0.2, 0.25) is 5.91 Å². The highest BCUT2D eigenvalue weighted by Crippen LogP contribution is 2.38. The highest BCUT2D eigenvalue weighted by molar-refractivity contribution is 7.80. The second-order valence-electron chi connectivity index (χ2n) is 3.23. The molecule has 0 atom stereocenters. The quantitative estimate of drug-likeness (QED) is 0.620. The molecule has 0 aromatic heterocycles. The fourth-order valence-corrected chi connectivity index (χ4v) is 2.10. The smallest absolute Gasteiger partial charge is 0.232 e. The van der Waals surface area contributed by atoms with Crippen molar-refractivity contribution >= 4 is 23.1 Å². The third-order valence-electron chi connectivity index (χ3n) is 2.59. The fraction of sp³-hybridized carbons (Fsp3) is 0.750. The summed E-state index contributed by atoms with van der Waals surface area (Å²) in [7, 11) is 1.63. The summed E-state index contributed by atoms with van der Waals surface area (Å²) < 4.78 is 0. The molecule has 4 heteroatoms. The lowest BCUT2D eigenvalue weighted by molar-refractivity contribution is -0.126. The molecule has 0 aliphatic heterocycles. The number of hydrogen-bond donors (Lipinski definition) is 2. The van der Waals surface area contributed by atoms with Gasteiger partial charge in [-0.05, 0) is 12.8 Å². The van der Waals surface area contributed by atoms with Crippen LogP contribution in [0.1, 0.15) is 25.7 Å². The molecule has 0 unspecified atom stereocenters. The molecule has 1 fully saturated rings. The van der Waals surface area contributed by atoms with Crippen molar-refractivity contribution in [1.29, 1.82) is 0 Å². The van der Waals surface area contributed by atoms with Crippen LogP contribution in [-0.2, 0) is 4.79 Å². The zero-order valence-corrected chi connectivity index (χ0v) is 8.04. The lowest BCUT2D eigenvalue weighted by Gasteiger charge is -2.24. The number of hydrogen-bond acceptors (Lipinski definition) is 2. The Balaban J connectivity index is 2.86. The average molecular weight is 186 g/mol. The summed E-state index contributed by atoms with van der Waals surface area (Å²) in [6, 6.07) is 0. The van der Waals surface area contributed by atoms with E-state index in [1.54, 1.807) is 7.05 Å². The van der Waals surface area contributed by atoms with Crippen molar-refractivity contribution in [1.82, 2.24) is 5.32 Å². The molecule has 0 aromatic carbocycles. The first-order chi connectivity index (χ1) is 5.63. The summed E-state index contributed by atoms with van der Waals surface area (Å²) in [5, 5.41) is 2.62. The Morgan fingerprint density at radius 3 is 2.33 bits per heavy atom. The first kappa shape index (κ1) is 9.45. The number of carbonyl (C=O) groups excluding carboxylic acids is 1. The van der Waals surface area contributed by atoms with Gasteiger partial charge in [-0.2, -0.15) is 0 Å². The van der Waals surface area contributed by atoms with Gasteiger partial charge >= 0.3 is 0 Å². The molecule has 0 bridgehead atoms. The third-order valence-corrected chi connectivity index (χ3v) is 2.98. The average Bonchev–Trinajstić information content (AvgIpc) is 2.52. The van der Waals surface area contributed by atoms with E-state index in [1.807, 2.05) is 0 Å². The van der Waals surface area contributed by atoms with Crippen molar-refractivity contribution in [3.05, 3.63) is 0 Å². The van der Waals surface area contributed by atoms with E-state index in [0.717, 1.165) is 25.7 Å². The van der Waals surface area contributed by atoms with Gasteiger partial charge in [-0.1, -0.05) is 25.1 Å². The van der Waals surface area contributed by atoms with Gasteiger partial charge in [0, 0.05) is 7.05 Å². The van der Waals surface area contributed by atoms with Crippen molar-refractivity contribution < 1.29 is 4.79 Å². The molecule has 1 rings (SSSR count). The molecule has 1 amide bonds. The van der Waals surface area contributed by atoms with Gasteiger partial charge in [0.05, 0.1) is 10.4 Å². The predicted octanol–water partition coefficient (Wildman–Crippen LogP) is 0.579. The second kappa shape index (κ2) is 3.39. The lowest BCUT2D eigenvalue weighted by atomic mass is 9.85. The zero-order chi connectivity index (χ0) is 9.19. The van der Waals surface area contributed by atoms with E-state index in [-0.39, 0.29) is 5.91 Å². The molecule has 0 spiro atoms. The van der Waals surface area contributed by atoms with Gasteiger partial charge in [0.15, 0.2) is 0 Å². The molecule has 1 saturated carbocycles. The Morgan fingerprint density at radius 2 is 2.00 bits per heavy atom. The van der Waals surface area contributed by atoms with Crippen LogP contribution in [0.15, 0.2) is 0 Å². The molecule has 0 heterocycles. The Kier molecular flexibility index (Phi) is 2.67. The van der Waals surface area contributed by atoms with Crippen LogP contribution in [-0.4, -0.2) is 17.9 Å². The normalized spacial score (nSPS) is 20.4. The van der Waals surface area contributed by atoms with Gasteiger partial charge < -0.3 is 11.1 Å². The van der Waals surface area contributed by atoms with Gasteiger partial charge in [0.1, 0.15) is 0 Å². The van der Waals surface area contributed by atoms with Crippen LogP contribution in [0.25, 0.3) is 0 Å². The highest BCUT2D eigenvalue weighted by atomic mass is 32.1. The number of rotatable bonds is 2. The van der Waals surface area contributed by atoms with E-state index in [4.69, 9.17) is 18.0 Å². The van der Waals surface area contributed by atoms with E-state index >= 15 is 0 Å². The predicted molar refractivity (Wildman–Crippen MR) is 51.8 cm³/mol. The molecule has 3 nitrogen and oxygen atoms in total. The van der Waals surface area contributed by atoms with Crippen LogP contribution in [0, 0.1) is 5.41 Å². The van der Waals surface area contributed by atoms with E-state index < -0.39 is 5.41 Å².